The minimum absolute atomic E-state index is 0.179. The van der Waals surface area contributed by atoms with Crippen LogP contribution in [0, 0.1) is 5.92 Å². The molecule has 2 aromatic rings. The van der Waals surface area contributed by atoms with Crippen molar-refractivity contribution in [1.29, 1.82) is 0 Å². The lowest BCUT2D eigenvalue weighted by Gasteiger charge is -2.44. The van der Waals surface area contributed by atoms with E-state index in [4.69, 9.17) is 0 Å². The fourth-order valence-corrected chi connectivity index (χ4v) is 5.29. The normalized spacial score (nSPS) is 22.4. The van der Waals surface area contributed by atoms with E-state index in [2.05, 4.69) is 15.1 Å². The zero-order valence-corrected chi connectivity index (χ0v) is 16.3. The van der Waals surface area contributed by atoms with Gasteiger partial charge in [-0.3, -0.25) is 9.36 Å². The van der Waals surface area contributed by atoms with Crippen molar-refractivity contribution in [1.82, 2.24) is 19.7 Å². The number of thioether (sulfide) groups is 1. The molecule has 1 aromatic heterocycles. The van der Waals surface area contributed by atoms with Crippen LogP contribution in [0.1, 0.15) is 44.1 Å². The predicted octanol–water partition coefficient (Wildman–Crippen LogP) is 2.89. The molecule has 0 radical (unpaired) electrons. The van der Waals surface area contributed by atoms with Crippen LogP contribution in [0.5, 0.6) is 0 Å². The standard InChI is InChI=1S/C20H26N4O2S/c25-18(23-12-6-10-16-9-4-5-11-17(16)23)14-27-20-22-21-19(26)24(20)13-15-7-2-1-3-8-15/h1-3,7-8,16-17H,4-6,9-14H2,(H,21,26)/t16-,17-/m1/s1. The highest BCUT2D eigenvalue weighted by molar-refractivity contribution is 7.99. The van der Waals surface area contributed by atoms with Gasteiger partial charge in [0, 0.05) is 12.6 Å². The lowest BCUT2D eigenvalue weighted by molar-refractivity contribution is -0.134. The van der Waals surface area contributed by atoms with E-state index in [1.807, 2.05) is 30.3 Å². The number of hydrogen-bond acceptors (Lipinski definition) is 4. The van der Waals surface area contributed by atoms with Crippen LogP contribution in [-0.2, 0) is 11.3 Å². The van der Waals surface area contributed by atoms with Crippen molar-refractivity contribution in [2.75, 3.05) is 12.3 Å². The van der Waals surface area contributed by atoms with E-state index in [-0.39, 0.29) is 11.6 Å². The van der Waals surface area contributed by atoms with Crippen molar-refractivity contribution in [3.8, 4) is 0 Å². The number of aromatic amines is 1. The first-order chi connectivity index (χ1) is 13.2. The molecule has 2 fully saturated rings. The van der Waals surface area contributed by atoms with Gasteiger partial charge in [-0.1, -0.05) is 54.9 Å². The average Bonchev–Trinajstić information content (AvgIpc) is 3.06. The minimum atomic E-state index is -0.237. The van der Waals surface area contributed by atoms with Gasteiger partial charge < -0.3 is 4.90 Å². The van der Waals surface area contributed by atoms with E-state index < -0.39 is 0 Å². The van der Waals surface area contributed by atoms with E-state index in [0.717, 1.165) is 24.9 Å². The summed E-state index contributed by atoms with van der Waals surface area (Å²) < 4.78 is 1.60. The first-order valence-corrected chi connectivity index (χ1v) is 10.8. The number of nitrogens with one attached hydrogen (secondary N) is 1. The molecule has 0 bridgehead atoms. The predicted molar refractivity (Wildman–Crippen MR) is 106 cm³/mol. The Balaban J connectivity index is 1.41. The molecule has 0 spiro atoms. The van der Waals surface area contributed by atoms with Gasteiger partial charge in [0.05, 0.1) is 12.3 Å². The van der Waals surface area contributed by atoms with Crippen molar-refractivity contribution >= 4 is 17.7 Å². The van der Waals surface area contributed by atoms with Crippen LogP contribution in [0.3, 0.4) is 0 Å². The Morgan fingerprint density at radius 1 is 1.15 bits per heavy atom. The zero-order valence-electron chi connectivity index (χ0n) is 15.5. The van der Waals surface area contributed by atoms with Crippen molar-refractivity contribution in [3.05, 3.63) is 46.4 Å². The second-order valence-electron chi connectivity index (χ2n) is 7.51. The van der Waals surface area contributed by atoms with Crippen molar-refractivity contribution in [3.63, 3.8) is 0 Å². The van der Waals surface area contributed by atoms with Crippen LogP contribution in [0.25, 0.3) is 0 Å². The Bertz CT molecular complexity index is 830. The van der Waals surface area contributed by atoms with Crippen LogP contribution < -0.4 is 5.69 Å². The van der Waals surface area contributed by atoms with Crippen LogP contribution in [0.15, 0.2) is 40.3 Å². The van der Waals surface area contributed by atoms with Gasteiger partial charge >= 0.3 is 5.69 Å². The average molecular weight is 387 g/mol. The summed E-state index contributed by atoms with van der Waals surface area (Å²) in [6.07, 6.45) is 7.31. The van der Waals surface area contributed by atoms with E-state index >= 15 is 0 Å². The summed E-state index contributed by atoms with van der Waals surface area (Å²) in [7, 11) is 0. The SMILES string of the molecule is O=C(CSc1n[nH]c(=O)n1Cc1ccccc1)N1CCC[C@H]2CCCC[C@H]21. The molecule has 144 valence electrons. The van der Waals surface area contributed by atoms with Crippen molar-refractivity contribution in [2.45, 2.75) is 56.3 Å². The van der Waals surface area contributed by atoms with Crippen molar-refractivity contribution in [2.24, 2.45) is 5.92 Å². The largest absolute Gasteiger partial charge is 0.344 e. The van der Waals surface area contributed by atoms with Crippen molar-refractivity contribution < 1.29 is 4.79 Å². The molecule has 4 rings (SSSR count). The fourth-order valence-electron chi connectivity index (χ4n) is 4.46. The topological polar surface area (TPSA) is 71.0 Å². The van der Waals surface area contributed by atoms with Crippen LogP contribution >= 0.6 is 11.8 Å². The van der Waals surface area contributed by atoms with Gasteiger partial charge in [-0.15, -0.1) is 5.10 Å². The lowest BCUT2D eigenvalue weighted by atomic mass is 9.78. The highest BCUT2D eigenvalue weighted by Crippen LogP contribution is 2.35. The number of aromatic nitrogens is 3. The summed E-state index contributed by atoms with van der Waals surface area (Å²) >= 11 is 1.36. The molecule has 6 nitrogen and oxygen atoms in total. The second-order valence-corrected chi connectivity index (χ2v) is 8.46. The zero-order chi connectivity index (χ0) is 18.6. The molecule has 0 unspecified atom stereocenters. The quantitative estimate of drug-likeness (QED) is 0.802. The smallest absolute Gasteiger partial charge is 0.339 e. The number of hydrogen-bond donors (Lipinski definition) is 1. The number of likely N-dealkylation sites (tertiary alicyclic amines) is 1. The van der Waals surface area contributed by atoms with Gasteiger partial charge in [0.15, 0.2) is 5.16 Å². The molecule has 2 heterocycles. The number of piperidine rings is 1. The summed E-state index contributed by atoms with van der Waals surface area (Å²) in [5.74, 6) is 1.20. The molecule has 1 aliphatic heterocycles. The molecule has 1 aliphatic carbocycles. The third-order valence-corrected chi connectivity index (χ3v) is 6.76. The highest BCUT2D eigenvalue weighted by atomic mass is 32.2. The number of carbonyl (C=O) groups excluding carboxylic acids is 1. The number of nitrogens with zero attached hydrogens (tertiary/aromatic N) is 3. The molecular formula is C20H26N4O2S. The molecule has 2 atom stereocenters. The molecule has 1 aromatic carbocycles. The van der Waals surface area contributed by atoms with Crippen LogP contribution in [0.2, 0.25) is 0 Å². The summed E-state index contributed by atoms with van der Waals surface area (Å²) in [6, 6.07) is 10.2. The Kier molecular flexibility index (Phi) is 5.66. The summed E-state index contributed by atoms with van der Waals surface area (Å²) in [6.45, 7) is 1.33. The van der Waals surface area contributed by atoms with Gasteiger partial charge in [-0.05, 0) is 37.2 Å². The maximum Gasteiger partial charge on any atom is 0.344 e. The van der Waals surface area contributed by atoms with E-state index in [1.54, 1.807) is 4.57 Å². The molecule has 27 heavy (non-hydrogen) atoms. The highest BCUT2D eigenvalue weighted by Gasteiger charge is 2.35. The van der Waals surface area contributed by atoms with Gasteiger partial charge in [-0.25, -0.2) is 9.89 Å². The molecule has 2 aliphatic rings. The van der Waals surface area contributed by atoms with Gasteiger partial charge in [-0.2, -0.15) is 0 Å². The third-order valence-electron chi connectivity index (χ3n) is 5.80. The number of rotatable bonds is 5. The molecule has 1 amide bonds. The Labute approximate surface area is 163 Å². The molecule has 1 saturated carbocycles. The third kappa shape index (κ3) is 4.13. The lowest BCUT2D eigenvalue weighted by Crippen LogP contribution is -2.50. The molecule has 1 N–H and O–H groups in total. The molecule has 7 heteroatoms. The Morgan fingerprint density at radius 2 is 1.93 bits per heavy atom. The number of amides is 1. The van der Waals surface area contributed by atoms with Crippen LogP contribution in [0.4, 0.5) is 0 Å². The minimum Gasteiger partial charge on any atom is -0.339 e. The fraction of sp³-hybridized carbons (Fsp3) is 0.550. The first kappa shape index (κ1) is 18.3. The first-order valence-electron chi connectivity index (χ1n) is 9.84. The van der Waals surface area contributed by atoms with Gasteiger partial charge in [0.25, 0.3) is 0 Å². The maximum atomic E-state index is 12.9. The van der Waals surface area contributed by atoms with E-state index in [9.17, 15) is 9.59 Å². The number of carbonyl (C=O) groups is 1. The monoisotopic (exact) mass is 386 g/mol. The van der Waals surface area contributed by atoms with E-state index in [1.165, 1.54) is 37.4 Å². The van der Waals surface area contributed by atoms with Crippen LogP contribution in [-0.4, -0.2) is 43.9 Å². The summed E-state index contributed by atoms with van der Waals surface area (Å²) in [5.41, 5.74) is 0.800. The van der Waals surface area contributed by atoms with Gasteiger partial charge in [0.1, 0.15) is 0 Å². The maximum absolute atomic E-state index is 12.9. The summed E-state index contributed by atoms with van der Waals surface area (Å²) in [5, 5.41) is 7.22. The Hall–Kier alpha value is -2.02. The Morgan fingerprint density at radius 3 is 2.78 bits per heavy atom. The molecular weight excluding hydrogens is 360 g/mol. The summed E-state index contributed by atoms with van der Waals surface area (Å²) in [4.78, 5) is 27.1. The van der Waals surface area contributed by atoms with Gasteiger partial charge in [0.2, 0.25) is 5.91 Å². The number of benzene rings is 1. The molecule has 1 saturated heterocycles. The number of H-pyrrole nitrogens is 1. The van der Waals surface area contributed by atoms with E-state index in [0.29, 0.717) is 29.4 Å². The second kappa shape index (κ2) is 8.33. The number of fused-ring (bicyclic) bond motifs is 1.